The number of aromatic nitrogens is 2. The number of Topliss-reactive ketones (excluding diaryl/α,β-unsaturated/α-hetero) is 1. The lowest BCUT2D eigenvalue weighted by Gasteiger charge is -2.41. The summed E-state index contributed by atoms with van der Waals surface area (Å²) in [5, 5.41) is -0.712. The van der Waals surface area contributed by atoms with Gasteiger partial charge in [0.05, 0.1) is 11.5 Å². The number of rotatable bonds is 6. The van der Waals surface area contributed by atoms with E-state index in [1.54, 1.807) is 14.0 Å². The van der Waals surface area contributed by atoms with Crippen molar-refractivity contribution < 1.29 is 28.6 Å². The number of methoxy groups -OCH3 is 1. The summed E-state index contributed by atoms with van der Waals surface area (Å²) in [6.45, 7) is 13.6. The van der Waals surface area contributed by atoms with Crippen molar-refractivity contribution in [1.82, 2.24) is 9.55 Å². The van der Waals surface area contributed by atoms with Crippen LogP contribution in [0.15, 0.2) is 21.9 Å². The lowest BCUT2D eigenvalue weighted by molar-refractivity contribution is -0.183. The van der Waals surface area contributed by atoms with E-state index in [0.717, 1.165) is 0 Å². The van der Waals surface area contributed by atoms with Gasteiger partial charge < -0.3 is 14.2 Å². The number of nitrogens with zero attached hydrogens (tertiary/aromatic N) is 1. The van der Waals surface area contributed by atoms with Crippen LogP contribution in [0.3, 0.4) is 0 Å². The number of carbonyl (C=O) groups is 3. The van der Waals surface area contributed by atoms with Gasteiger partial charge in [-0.25, -0.2) is 4.79 Å². The SMILES string of the molecule is CCC1OC(=O)C(C)CC(C)CC(C)(OC)CC(C)C(=O)C(C)C2C(SCCn3ccc(=O)[nH]c3=O)C(=O)OC12C. The molecule has 0 amide bonds. The molecule has 2 saturated heterocycles. The van der Waals surface area contributed by atoms with Gasteiger partial charge in [-0.3, -0.25) is 28.7 Å². The number of nitrogens with one attached hydrogen (secondary N) is 1. The normalized spacial score (nSPS) is 37.2. The predicted octanol–water partition coefficient (Wildman–Crippen LogP) is 3.59. The maximum absolute atomic E-state index is 14.0. The zero-order valence-electron chi connectivity index (χ0n) is 25.6. The van der Waals surface area contributed by atoms with Gasteiger partial charge in [0.15, 0.2) is 5.60 Å². The fourth-order valence-corrected chi connectivity index (χ4v) is 8.36. The van der Waals surface area contributed by atoms with Crippen LogP contribution in [0.5, 0.6) is 0 Å². The molecule has 10 nitrogen and oxygen atoms in total. The molecule has 2 aliphatic rings. The Morgan fingerprint density at radius 1 is 1.05 bits per heavy atom. The van der Waals surface area contributed by atoms with Crippen LogP contribution in [0, 0.1) is 29.6 Å². The fraction of sp³-hybridized carbons (Fsp3) is 0.767. The summed E-state index contributed by atoms with van der Waals surface area (Å²) < 4.78 is 19.4. The summed E-state index contributed by atoms with van der Waals surface area (Å²) in [6.07, 6.45) is 2.90. The average Bonchev–Trinajstić information content (AvgIpc) is 3.16. The van der Waals surface area contributed by atoms with E-state index in [-0.39, 0.29) is 36.1 Å². The number of cyclic esters (lactones) is 1. The standard InChI is InChI=1S/C30H46N2O8S/c1-9-21-30(7)23(25(27(36)40-30)41-13-12-32-11-10-22(33)31-28(32)37)20(5)24(34)19(4)16-29(6,38-8)15-17(2)14-18(3)26(35)39-21/h10-11,17-21,23,25H,9,12-16H2,1-8H3,(H,31,33,37). The van der Waals surface area contributed by atoms with E-state index < -0.39 is 51.6 Å². The Morgan fingerprint density at radius 3 is 2.34 bits per heavy atom. The molecule has 0 bridgehead atoms. The Morgan fingerprint density at radius 2 is 1.73 bits per heavy atom. The van der Waals surface area contributed by atoms with E-state index in [1.807, 2.05) is 34.6 Å². The van der Waals surface area contributed by atoms with Crippen molar-refractivity contribution in [1.29, 1.82) is 0 Å². The zero-order chi connectivity index (χ0) is 30.7. The number of thioether (sulfide) groups is 1. The van der Waals surface area contributed by atoms with Gasteiger partial charge >= 0.3 is 17.6 Å². The lowest BCUT2D eigenvalue weighted by atomic mass is 9.70. The number of carbonyl (C=O) groups excluding carboxylic acids is 3. The molecule has 3 rings (SSSR count). The molecule has 2 fully saturated rings. The highest BCUT2D eigenvalue weighted by atomic mass is 32.2. The summed E-state index contributed by atoms with van der Waals surface area (Å²) in [5.74, 6) is -2.15. The minimum absolute atomic E-state index is 0.00418. The number of ether oxygens (including phenoxy) is 3. The van der Waals surface area contributed by atoms with Crippen LogP contribution in [0.4, 0.5) is 0 Å². The van der Waals surface area contributed by atoms with Gasteiger partial charge in [0.2, 0.25) is 0 Å². The van der Waals surface area contributed by atoms with Gasteiger partial charge in [-0.1, -0.05) is 34.6 Å². The first-order chi connectivity index (χ1) is 19.2. The second-order valence-electron chi connectivity index (χ2n) is 12.5. The number of esters is 2. The molecule has 1 N–H and O–H groups in total. The molecule has 0 spiro atoms. The molecule has 2 aliphatic heterocycles. The van der Waals surface area contributed by atoms with Crippen LogP contribution >= 0.6 is 11.8 Å². The van der Waals surface area contributed by atoms with Crippen molar-refractivity contribution in [2.24, 2.45) is 29.6 Å². The number of ketones is 1. The largest absolute Gasteiger partial charge is 0.458 e. The highest BCUT2D eigenvalue weighted by Crippen LogP contribution is 2.48. The van der Waals surface area contributed by atoms with Crippen molar-refractivity contribution >= 4 is 29.5 Å². The highest BCUT2D eigenvalue weighted by Gasteiger charge is 2.61. The van der Waals surface area contributed by atoms with Gasteiger partial charge in [-0.2, -0.15) is 0 Å². The Kier molecular flexibility index (Phi) is 10.7. The van der Waals surface area contributed by atoms with Crippen LogP contribution in [0.2, 0.25) is 0 Å². The van der Waals surface area contributed by atoms with Crippen LogP contribution in [0.25, 0.3) is 0 Å². The molecule has 1 aromatic heterocycles. The number of aromatic amines is 1. The molecule has 0 radical (unpaired) electrons. The monoisotopic (exact) mass is 594 g/mol. The van der Waals surface area contributed by atoms with Gasteiger partial charge in [0.25, 0.3) is 5.56 Å². The second kappa shape index (κ2) is 13.3. The van der Waals surface area contributed by atoms with Crippen molar-refractivity contribution in [3.63, 3.8) is 0 Å². The minimum Gasteiger partial charge on any atom is -0.458 e. The third kappa shape index (κ3) is 7.34. The third-order valence-electron chi connectivity index (χ3n) is 8.98. The van der Waals surface area contributed by atoms with E-state index in [9.17, 15) is 24.0 Å². The molecule has 41 heavy (non-hydrogen) atoms. The quantitative estimate of drug-likeness (QED) is 0.491. The Hall–Kier alpha value is -2.40. The number of hydrogen-bond donors (Lipinski definition) is 1. The first-order valence-corrected chi connectivity index (χ1v) is 15.6. The van der Waals surface area contributed by atoms with Crippen LogP contribution in [-0.4, -0.2) is 62.7 Å². The van der Waals surface area contributed by atoms with E-state index >= 15 is 0 Å². The van der Waals surface area contributed by atoms with Gasteiger partial charge in [0, 0.05) is 49.4 Å². The van der Waals surface area contributed by atoms with Crippen LogP contribution in [-0.2, 0) is 35.1 Å². The van der Waals surface area contributed by atoms with E-state index in [1.165, 1.54) is 28.6 Å². The second-order valence-corrected chi connectivity index (χ2v) is 13.7. The maximum Gasteiger partial charge on any atom is 0.328 e. The molecular weight excluding hydrogens is 548 g/mol. The van der Waals surface area contributed by atoms with E-state index in [2.05, 4.69) is 11.9 Å². The summed E-state index contributed by atoms with van der Waals surface area (Å²) in [7, 11) is 1.65. The molecule has 9 unspecified atom stereocenters. The van der Waals surface area contributed by atoms with Crippen molar-refractivity contribution in [3.8, 4) is 0 Å². The molecular formula is C30H46N2O8S. The molecule has 0 aromatic carbocycles. The molecule has 0 saturated carbocycles. The summed E-state index contributed by atoms with van der Waals surface area (Å²) >= 11 is 1.31. The Balaban J connectivity index is 1.99. The minimum atomic E-state index is -1.22. The van der Waals surface area contributed by atoms with Gasteiger partial charge in [-0.05, 0) is 45.4 Å². The Labute approximate surface area is 246 Å². The number of H-pyrrole nitrogens is 1. The van der Waals surface area contributed by atoms with Crippen molar-refractivity contribution in [3.05, 3.63) is 33.1 Å². The molecule has 230 valence electrons. The summed E-state index contributed by atoms with van der Waals surface area (Å²) in [4.78, 5) is 66.5. The van der Waals surface area contributed by atoms with E-state index in [4.69, 9.17) is 14.2 Å². The number of aryl methyl sites for hydroxylation is 1. The molecule has 3 heterocycles. The molecule has 9 atom stereocenters. The topological polar surface area (TPSA) is 134 Å². The fourth-order valence-electron chi connectivity index (χ4n) is 6.91. The average molecular weight is 595 g/mol. The molecule has 0 aliphatic carbocycles. The molecule has 1 aromatic rings. The smallest absolute Gasteiger partial charge is 0.328 e. The van der Waals surface area contributed by atoms with E-state index in [0.29, 0.717) is 31.4 Å². The zero-order valence-corrected chi connectivity index (χ0v) is 26.4. The number of fused-ring (bicyclic) bond motifs is 1. The van der Waals surface area contributed by atoms with Crippen molar-refractivity contribution in [2.45, 2.75) is 103 Å². The van der Waals surface area contributed by atoms with Gasteiger partial charge in [0.1, 0.15) is 17.1 Å². The van der Waals surface area contributed by atoms with Crippen LogP contribution in [0.1, 0.15) is 74.1 Å². The van der Waals surface area contributed by atoms with Crippen molar-refractivity contribution in [2.75, 3.05) is 12.9 Å². The first-order valence-electron chi connectivity index (χ1n) is 14.6. The third-order valence-corrected chi connectivity index (χ3v) is 10.2. The van der Waals surface area contributed by atoms with Gasteiger partial charge in [-0.15, -0.1) is 11.8 Å². The highest BCUT2D eigenvalue weighted by molar-refractivity contribution is 8.00. The molecule has 11 heteroatoms. The summed E-state index contributed by atoms with van der Waals surface area (Å²) in [5.41, 5.74) is -2.79. The predicted molar refractivity (Wildman–Crippen MR) is 157 cm³/mol. The lowest BCUT2D eigenvalue weighted by Crippen LogP contribution is -2.52. The summed E-state index contributed by atoms with van der Waals surface area (Å²) in [6, 6.07) is 1.27. The van der Waals surface area contributed by atoms with Crippen LogP contribution < -0.4 is 11.2 Å². The maximum atomic E-state index is 14.0. The Bertz CT molecular complexity index is 1230. The number of hydrogen-bond acceptors (Lipinski definition) is 9. The first kappa shape index (κ1) is 33.1.